The Kier molecular flexibility index (Phi) is 5.75. The lowest BCUT2D eigenvalue weighted by molar-refractivity contribution is -0.120. The van der Waals surface area contributed by atoms with Gasteiger partial charge >= 0.3 is 0 Å². The average molecular weight is 330 g/mol. The fourth-order valence-corrected chi connectivity index (χ4v) is 3.22. The van der Waals surface area contributed by atoms with Gasteiger partial charge in [0, 0.05) is 26.1 Å². The molecule has 5 heteroatoms. The lowest BCUT2D eigenvalue weighted by Crippen LogP contribution is -2.30. The summed E-state index contributed by atoms with van der Waals surface area (Å²) < 4.78 is 11.2. The van der Waals surface area contributed by atoms with Gasteiger partial charge in [-0.05, 0) is 43.5 Å². The van der Waals surface area contributed by atoms with Crippen molar-refractivity contribution in [1.29, 1.82) is 0 Å². The summed E-state index contributed by atoms with van der Waals surface area (Å²) in [6, 6.07) is 6.19. The molecule has 2 aliphatic heterocycles. The number of ether oxygens (including phenoxy) is 2. The molecule has 0 saturated carbocycles. The fraction of sp³-hybridized carbons (Fsp3) is 0.526. The summed E-state index contributed by atoms with van der Waals surface area (Å²) in [7, 11) is 0. The summed E-state index contributed by atoms with van der Waals surface area (Å²) in [5.41, 5.74) is 1.25. The van der Waals surface area contributed by atoms with Crippen molar-refractivity contribution in [2.75, 3.05) is 32.8 Å². The number of likely N-dealkylation sites (tertiary alicyclic amines) is 1. The van der Waals surface area contributed by atoms with Crippen LogP contribution in [0.15, 0.2) is 30.4 Å². The highest BCUT2D eigenvalue weighted by molar-refractivity contribution is 5.77. The monoisotopic (exact) mass is 330 g/mol. The Bertz CT molecular complexity index is 600. The number of nitrogens with one attached hydrogen (secondary N) is 1. The molecular formula is C19H26N2O3. The molecule has 3 rings (SSSR count). The van der Waals surface area contributed by atoms with Crippen molar-refractivity contribution in [2.24, 2.45) is 5.92 Å². The number of carbonyl (C=O) groups is 1. The van der Waals surface area contributed by atoms with Gasteiger partial charge in [0.2, 0.25) is 5.91 Å². The molecule has 130 valence electrons. The number of hydrogen-bond acceptors (Lipinski definition) is 4. The minimum absolute atomic E-state index is 0.110. The van der Waals surface area contributed by atoms with Gasteiger partial charge in [-0.15, -0.1) is 0 Å². The second-order valence-corrected chi connectivity index (χ2v) is 6.45. The Hall–Kier alpha value is -2.01. The fourth-order valence-electron chi connectivity index (χ4n) is 3.22. The number of nitrogens with zero attached hydrogens (tertiary/aromatic N) is 1. The molecule has 2 aliphatic rings. The van der Waals surface area contributed by atoms with Crippen molar-refractivity contribution in [1.82, 2.24) is 10.2 Å². The van der Waals surface area contributed by atoms with Gasteiger partial charge in [0.05, 0.1) is 0 Å². The summed E-state index contributed by atoms with van der Waals surface area (Å²) in [4.78, 5) is 14.1. The molecule has 1 fully saturated rings. The van der Waals surface area contributed by atoms with E-state index in [2.05, 4.69) is 22.3 Å². The second kappa shape index (κ2) is 8.20. The topological polar surface area (TPSA) is 50.8 Å². The predicted molar refractivity (Wildman–Crippen MR) is 93.3 cm³/mol. The van der Waals surface area contributed by atoms with Gasteiger partial charge in [0.1, 0.15) is 13.2 Å². The minimum atomic E-state index is 0.110. The second-order valence-electron chi connectivity index (χ2n) is 6.45. The van der Waals surface area contributed by atoms with E-state index in [9.17, 15) is 4.79 Å². The van der Waals surface area contributed by atoms with Crippen LogP contribution in [-0.4, -0.2) is 43.7 Å². The van der Waals surface area contributed by atoms with Crippen LogP contribution in [0.5, 0.6) is 11.5 Å². The van der Waals surface area contributed by atoms with Crippen LogP contribution in [0.1, 0.15) is 25.3 Å². The summed E-state index contributed by atoms with van der Waals surface area (Å²) in [5.74, 6) is 2.34. The zero-order chi connectivity index (χ0) is 16.8. The van der Waals surface area contributed by atoms with Crippen molar-refractivity contribution in [3.05, 3.63) is 35.9 Å². The number of fused-ring (bicyclic) bond motifs is 1. The van der Waals surface area contributed by atoms with E-state index in [1.807, 2.05) is 25.1 Å². The van der Waals surface area contributed by atoms with Gasteiger partial charge in [0.15, 0.2) is 11.5 Å². The molecule has 1 aromatic carbocycles. The van der Waals surface area contributed by atoms with Crippen molar-refractivity contribution in [3.63, 3.8) is 0 Å². The van der Waals surface area contributed by atoms with Gasteiger partial charge in [0.25, 0.3) is 0 Å². The molecule has 0 aliphatic carbocycles. The largest absolute Gasteiger partial charge is 0.486 e. The van der Waals surface area contributed by atoms with Crippen LogP contribution >= 0.6 is 0 Å². The summed E-state index contributed by atoms with van der Waals surface area (Å²) in [6.45, 7) is 6.96. The van der Waals surface area contributed by atoms with Crippen LogP contribution in [0.25, 0.3) is 0 Å². The van der Waals surface area contributed by atoms with Crippen LogP contribution in [0.2, 0.25) is 0 Å². The van der Waals surface area contributed by atoms with E-state index in [4.69, 9.17) is 9.47 Å². The molecule has 1 N–H and O–H groups in total. The highest BCUT2D eigenvalue weighted by Crippen LogP contribution is 2.31. The Labute approximate surface area is 143 Å². The molecule has 1 aromatic rings. The molecule has 1 amide bonds. The predicted octanol–water partition coefficient (Wildman–Crippen LogP) is 2.36. The lowest BCUT2D eigenvalue weighted by atomic mass is 10.1. The number of benzene rings is 1. The number of allylic oxidation sites excluding steroid dienone is 1. The Morgan fingerprint density at radius 3 is 3.00 bits per heavy atom. The molecule has 5 nitrogen and oxygen atoms in total. The molecule has 2 heterocycles. The SMILES string of the molecule is C/C=C/CC(=O)NC[C@H]1CCN(Cc2ccc3c(c2)OCCO3)C1. The van der Waals surface area contributed by atoms with Crippen LogP contribution in [-0.2, 0) is 11.3 Å². The maximum Gasteiger partial charge on any atom is 0.223 e. The number of carbonyl (C=O) groups excluding carboxylic acids is 1. The Morgan fingerprint density at radius 1 is 1.33 bits per heavy atom. The van der Waals surface area contributed by atoms with Crippen molar-refractivity contribution in [2.45, 2.75) is 26.3 Å². The molecule has 1 saturated heterocycles. The minimum Gasteiger partial charge on any atom is -0.486 e. The Morgan fingerprint density at radius 2 is 2.17 bits per heavy atom. The molecule has 24 heavy (non-hydrogen) atoms. The van der Waals surface area contributed by atoms with Crippen molar-refractivity contribution >= 4 is 5.91 Å². The molecule has 1 atom stereocenters. The summed E-state index contributed by atoms with van der Waals surface area (Å²) in [6.07, 6.45) is 5.40. The third-order valence-corrected chi connectivity index (χ3v) is 4.51. The molecule has 0 radical (unpaired) electrons. The maximum absolute atomic E-state index is 11.7. The van der Waals surface area contributed by atoms with Gasteiger partial charge in [-0.1, -0.05) is 18.2 Å². The first-order chi connectivity index (χ1) is 11.7. The van der Waals surface area contributed by atoms with Crippen LogP contribution in [0.3, 0.4) is 0 Å². The zero-order valence-electron chi connectivity index (χ0n) is 14.3. The highest BCUT2D eigenvalue weighted by Gasteiger charge is 2.23. The first kappa shape index (κ1) is 16.8. The molecule has 0 unspecified atom stereocenters. The van der Waals surface area contributed by atoms with E-state index in [0.29, 0.717) is 25.6 Å². The standard InChI is InChI=1S/C19H26N2O3/c1-2-3-4-19(22)20-12-16-7-8-21(14-16)13-15-5-6-17-18(11-15)24-10-9-23-17/h2-3,5-6,11,16H,4,7-10,12-14H2,1H3,(H,20,22)/b3-2+/t16-/m1/s1. The number of rotatable bonds is 6. The average Bonchev–Trinajstić information content (AvgIpc) is 3.05. The molecule has 0 bridgehead atoms. The van der Waals surface area contributed by atoms with Crippen LogP contribution < -0.4 is 14.8 Å². The maximum atomic E-state index is 11.7. The first-order valence-corrected chi connectivity index (χ1v) is 8.73. The van der Waals surface area contributed by atoms with Gasteiger partial charge < -0.3 is 14.8 Å². The number of amides is 1. The van der Waals surface area contributed by atoms with Gasteiger partial charge in [-0.25, -0.2) is 0 Å². The van der Waals surface area contributed by atoms with E-state index in [0.717, 1.165) is 44.1 Å². The smallest absolute Gasteiger partial charge is 0.223 e. The van der Waals surface area contributed by atoms with Crippen LogP contribution in [0.4, 0.5) is 0 Å². The van der Waals surface area contributed by atoms with Crippen molar-refractivity contribution < 1.29 is 14.3 Å². The Balaban J connectivity index is 1.45. The third-order valence-electron chi connectivity index (χ3n) is 4.51. The van der Waals surface area contributed by atoms with Crippen LogP contribution in [0, 0.1) is 5.92 Å². The van der Waals surface area contributed by atoms with E-state index in [1.165, 1.54) is 5.56 Å². The van der Waals surface area contributed by atoms with E-state index in [-0.39, 0.29) is 5.91 Å². The lowest BCUT2D eigenvalue weighted by Gasteiger charge is -2.21. The first-order valence-electron chi connectivity index (χ1n) is 8.73. The van der Waals surface area contributed by atoms with Crippen molar-refractivity contribution in [3.8, 4) is 11.5 Å². The molecule has 0 spiro atoms. The van der Waals surface area contributed by atoms with Gasteiger partial charge in [-0.3, -0.25) is 9.69 Å². The third kappa shape index (κ3) is 4.51. The highest BCUT2D eigenvalue weighted by atomic mass is 16.6. The quantitative estimate of drug-likeness (QED) is 0.814. The summed E-state index contributed by atoms with van der Waals surface area (Å²) in [5, 5.41) is 3.03. The molecule has 0 aromatic heterocycles. The van der Waals surface area contributed by atoms with E-state index in [1.54, 1.807) is 0 Å². The molecular weight excluding hydrogens is 304 g/mol. The summed E-state index contributed by atoms with van der Waals surface area (Å²) >= 11 is 0. The number of hydrogen-bond donors (Lipinski definition) is 1. The van der Waals surface area contributed by atoms with Gasteiger partial charge in [-0.2, -0.15) is 0 Å². The van der Waals surface area contributed by atoms with E-state index >= 15 is 0 Å². The normalized spacial score (nSPS) is 20.5. The van der Waals surface area contributed by atoms with E-state index < -0.39 is 0 Å². The zero-order valence-corrected chi connectivity index (χ0v) is 14.3.